The van der Waals surface area contributed by atoms with Crippen molar-refractivity contribution >= 4 is 6.41 Å². The highest BCUT2D eigenvalue weighted by Crippen LogP contribution is 2.07. The first-order chi connectivity index (χ1) is 4.72. The molecule has 0 aromatic rings. The smallest absolute Gasteiger partial charge is 0.209 e. The molecule has 1 fully saturated rings. The van der Waals surface area contributed by atoms with Crippen LogP contribution in [0, 0.1) is 0 Å². The Bertz CT molecular complexity index is 117. The minimum atomic E-state index is 0.189. The van der Waals surface area contributed by atoms with Crippen molar-refractivity contribution in [1.82, 2.24) is 4.90 Å². The van der Waals surface area contributed by atoms with Gasteiger partial charge in [0, 0.05) is 13.1 Å². The van der Waals surface area contributed by atoms with Crippen LogP contribution in [0.1, 0.15) is 13.8 Å². The second kappa shape index (κ2) is 3.01. The van der Waals surface area contributed by atoms with Crippen LogP contribution in [0.5, 0.6) is 0 Å². The van der Waals surface area contributed by atoms with E-state index in [9.17, 15) is 4.79 Å². The Hall–Kier alpha value is -0.570. The molecule has 10 heavy (non-hydrogen) atoms. The third kappa shape index (κ3) is 1.70. The van der Waals surface area contributed by atoms with Crippen molar-refractivity contribution in [3.05, 3.63) is 0 Å². The van der Waals surface area contributed by atoms with E-state index < -0.39 is 0 Å². The van der Waals surface area contributed by atoms with Crippen LogP contribution in [0.25, 0.3) is 0 Å². The standard InChI is InChI=1S/C7H13NO2/c1-6-3-8(5-9)4-7(2)10-6/h5-7H,3-4H2,1-2H3/t6-,7+. The molecule has 0 aromatic carbocycles. The van der Waals surface area contributed by atoms with Crippen LogP contribution >= 0.6 is 0 Å². The van der Waals surface area contributed by atoms with Gasteiger partial charge in [-0.1, -0.05) is 0 Å². The molecular weight excluding hydrogens is 130 g/mol. The predicted octanol–water partition coefficient (Wildman–Crippen LogP) is 0.252. The van der Waals surface area contributed by atoms with E-state index in [4.69, 9.17) is 4.74 Å². The van der Waals surface area contributed by atoms with Gasteiger partial charge < -0.3 is 9.64 Å². The average Bonchev–Trinajstić information content (AvgIpc) is 1.85. The van der Waals surface area contributed by atoms with Crippen molar-refractivity contribution in [3.8, 4) is 0 Å². The first-order valence-corrected chi connectivity index (χ1v) is 3.57. The van der Waals surface area contributed by atoms with E-state index in [2.05, 4.69) is 0 Å². The maximum absolute atomic E-state index is 10.3. The van der Waals surface area contributed by atoms with E-state index in [0.29, 0.717) is 0 Å². The maximum atomic E-state index is 10.3. The minimum absolute atomic E-state index is 0.189. The Morgan fingerprint density at radius 3 is 2.30 bits per heavy atom. The molecule has 1 heterocycles. The van der Waals surface area contributed by atoms with Crippen molar-refractivity contribution in [2.75, 3.05) is 13.1 Å². The van der Waals surface area contributed by atoms with E-state index >= 15 is 0 Å². The summed E-state index contributed by atoms with van der Waals surface area (Å²) in [5.74, 6) is 0. The molecule has 0 spiro atoms. The van der Waals surface area contributed by atoms with Crippen LogP contribution in [0.15, 0.2) is 0 Å². The van der Waals surface area contributed by atoms with Crippen molar-refractivity contribution in [3.63, 3.8) is 0 Å². The molecule has 1 aliphatic heterocycles. The van der Waals surface area contributed by atoms with Gasteiger partial charge in [0.25, 0.3) is 0 Å². The fraction of sp³-hybridized carbons (Fsp3) is 0.857. The summed E-state index contributed by atoms with van der Waals surface area (Å²) >= 11 is 0. The van der Waals surface area contributed by atoms with Gasteiger partial charge in [-0.15, -0.1) is 0 Å². The summed E-state index contributed by atoms with van der Waals surface area (Å²) in [6, 6.07) is 0. The third-order valence-electron chi connectivity index (χ3n) is 1.60. The van der Waals surface area contributed by atoms with Gasteiger partial charge >= 0.3 is 0 Å². The molecule has 58 valence electrons. The summed E-state index contributed by atoms with van der Waals surface area (Å²) in [5, 5.41) is 0. The molecule has 0 N–H and O–H groups in total. The Kier molecular flexibility index (Phi) is 2.27. The van der Waals surface area contributed by atoms with Gasteiger partial charge in [-0.3, -0.25) is 4.79 Å². The SMILES string of the molecule is C[C@@H]1CN(C=O)C[C@H](C)O1. The van der Waals surface area contributed by atoms with Crippen LogP contribution in [0.3, 0.4) is 0 Å². The van der Waals surface area contributed by atoms with E-state index in [0.717, 1.165) is 19.5 Å². The largest absolute Gasteiger partial charge is 0.372 e. The molecule has 0 radical (unpaired) electrons. The van der Waals surface area contributed by atoms with Crippen molar-refractivity contribution in [2.24, 2.45) is 0 Å². The van der Waals surface area contributed by atoms with Crippen molar-refractivity contribution < 1.29 is 9.53 Å². The first kappa shape index (κ1) is 7.54. The fourth-order valence-electron chi connectivity index (χ4n) is 1.30. The zero-order valence-electron chi connectivity index (χ0n) is 6.41. The lowest BCUT2D eigenvalue weighted by atomic mass is 10.2. The molecule has 1 saturated heterocycles. The number of carbonyl (C=O) groups is 1. The maximum Gasteiger partial charge on any atom is 0.209 e. The van der Waals surface area contributed by atoms with Gasteiger partial charge in [0.05, 0.1) is 12.2 Å². The molecule has 1 rings (SSSR count). The molecular formula is C7H13NO2. The summed E-state index contributed by atoms with van der Waals surface area (Å²) < 4.78 is 5.42. The zero-order chi connectivity index (χ0) is 7.56. The molecule has 2 atom stereocenters. The summed E-state index contributed by atoms with van der Waals surface area (Å²) in [6.45, 7) is 5.42. The van der Waals surface area contributed by atoms with E-state index in [1.165, 1.54) is 0 Å². The van der Waals surface area contributed by atoms with Crippen molar-refractivity contribution in [2.45, 2.75) is 26.1 Å². The lowest BCUT2D eigenvalue weighted by Gasteiger charge is -2.32. The topological polar surface area (TPSA) is 29.5 Å². The van der Waals surface area contributed by atoms with Gasteiger partial charge in [-0.05, 0) is 13.8 Å². The van der Waals surface area contributed by atoms with Gasteiger partial charge in [-0.25, -0.2) is 0 Å². The predicted molar refractivity (Wildman–Crippen MR) is 37.6 cm³/mol. The van der Waals surface area contributed by atoms with Crippen LogP contribution in [-0.4, -0.2) is 36.6 Å². The first-order valence-electron chi connectivity index (χ1n) is 3.57. The van der Waals surface area contributed by atoms with Crippen molar-refractivity contribution in [1.29, 1.82) is 0 Å². The summed E-state index contributed by atoms with van der Waals surface area (Å²) in [5.41, 5.74) is 0. The van der Waals surface area contributed by atoms with Gasteiger partial charge in [0.1, 0.15) is 0 Å². The number of morpholine rings is 1. The normalized spacial score (nSPS) is 34.0. The fourth-order valence-corrected chi connectivity index (χ4v) is 1.30. The number of rotatable bonds is 1. The van der Waals surface area contributed by atoms with Gasteiger partial charge in [0.2, 0.25) is 6.41 Å². The highest BCUT2D eigenvalue weighted by molar-refractivity contribution is 5.47. The molecule has 0 unspecified atom stereocenters. The van der Waals surface area contributed by atoms with Gasteiger partial charge in [-0.2, -0.15) is 0 Å². The molecule has 0 bridgehead atoms. The highest BCUT2D eigenvalue weighted by atomic mass is 16.5. The Balaban J connectivity index is 2.42. The Labute approximate surface area is 61.0 Å². The minimum Gasteiger partial charge on any atom is -0.372 e. The second-order valence-electron chi connectivity index (χ2n) is 2.82. The summed E-state index contributed by atoms with van der Waals surface area (Å²) in [4.78, 5) is 12.1. The monoisotopic (exact) mass is 143 g/mol. The number of nitrogens with zero attached hydrogens (tertiary/aromatic N) is 1. The summed E-state index contributed by atoms with van der Waals surface area (Å²) in [7, 11) is 0. The third-order valence-corrected chi connectivity index (χ3v) is 1.60. The average molecular weight is 143 g/mol. The Morgan fingerprint density at radius 1 is 1.40 bits per heavy atom. The molecule has 0 saturated carbocycles. The van der Waals surface area contributed by atoms with Crippen LogP contribution in [0.4, 0.5) is 0 Å². The van der Waals surface area contributed by atoms with Crippen LogP contribution in [0.2, 0.25) is 0 Å². The van der Waals surface area contributed by atoms with E-state index in [1.54, 1.807) is 4.90 Å². The molecule has 3 heteroatoms. The molecule has 0 aromatic heterocycles. The second-order valence-corrected chi connectivity index (χ2v) is 2.82. The zero-order valence-corrected chi connectivity index (χ0v) is 6.41. The molecule has 3 nitrogen and oxygen atoms in total. The van der Waals surface area contributed by atoms with Crippen LogP contribution < -0.4 is 0 Å². The van der Waals surface area contributed by atoms with E-state index in [-0.39, 0.29) is 12.2 Å². The van der Waals surface area contributed by atoms with Gasteiger partial charge in [0.15, 0.2) is 0 Å². The van der Waals surface area contributed by atoms with E-state index in [1.807, 2.05) is 13.8 Å². The molecule has 1 aliphatic rings. The number of ether oxygens (including phenoxy) is 1. The molecule has 0 aliphatic carbocycles. The summed E-state index contributed by atoms with van der Waals surface area (Å²) in [6.07, 6.45) is 1.26. The lowest BCUT2D eigenvalue weighted by Crippen LogP contribution is -2.44. The highest BCUT2D eigenvalue weighted by Gasteiger charge is 2.20. The number of hydrogen-bond donors (Lipinski definition) is 0. The lowest BCUT2D eigenvalue weighted by molar-refractivity contribution is -0.130. The quantitative estimate of drug-likeness (QED) is 0.492. The molecule has 1 amide bonds. The number of amides is 1. The number of carbonyl (C=O) groups excluding carboxylic acids is 1. The van der Waals surface area contributed by atoms with Crippen LogP contribution in [-0.2, 0) is 9.53 Å². The Morgan fingerprint density at radius 2 is 1.90 bits per heavy atom. The number of hydrogen-bond acceptors (Lipinski definition) is 2.